The Balaban J connectivity index is 1.90. The zero-order valence-corrected chi connectivity index (χ0v) is 13.4. The summed E-state index contributed by atoms with van der Waals surface area (Å²) in [5, 5.41) is 0. The summed E-state index contributed by atoms with van der Waals surface area (Å²) in [6.45, 7) is 2.46. The number of aromatic nitrogens is 1. The van der Waals surface area contributed by atoms with Crippen LogP contribution in [0.25, 0.3) is 0 Å². The lowest BCUT2D eigenvalue weighted by Gasteiger charge is -2.27. The lowest BCUT2D eigenvalue weighted by Crippen LogP contribution is -2.37. The van der Waals surface area contributed by atoms with Crippen molar-refractivity contribution in [3.05, 3.63) is 27.1 Å². The molecule has 0 bridgehead atoms. The van der Waals surface area contributed by atoms with Crippen molar-refractivity contribution in [3.8, 4) is 0 Å². The van der Waals surface area contributed by atoms with Crippen molar-refractivity contribution in [2.24, 2.45) is 0 Å². The van der Waals surface area contributed by atoms with Crippen LogP contribution in [0, 0.1) is 3.70 Å². The van der Waals surface area contributed by atoms with Gasteiger partial charge in [-0.2, -0.15) is 0 Å². The third-order valence-electron chi connectivity index (χ3n) is 3.04. The molecule has 1 aromatic rings. The van der Waals surface area contributed by atoms with Crippen molar-refractivity contribution in [3.63, 3.8) is 0 Å². The standard InChI is InChI=1S/C13H18IN3O2/c1-16(2)7-8-19-13(18)17-6-5-11-10(9-17)3-4-12(14)15-11/h3-4H,5-9H2,1-2H3. The van der Waals surface area contributed by atoms with Gasteiger partial charge in [-0.1, -0.05) is 6.07 Å². The van der Waals surface area contributed by atoms with Gasteiger partial charge < -0.3 is 14.5 Å². The smallest absolute Gasteiger partial charge is 0.410 e. The maximum absolute atomic E-state index is 11.9. The van der Waals surface area contributed by atoms with Crippen molar-refractivity contribution in [1.82, 2.24) is 14.8 Å². The first kappa shape index (κ1) is 14.5. The summed E-state index contributed by atoms with van der Waals surface area (Å²) in [6, 6.07) is 4.02. The second-order valence-corrected chi connectivity index (χ2v) is 5.93. The number of fused-ring (bicyclic) bond motifs is 1. The zero-order valence-electron chi connectivity index (χ0n) is 11.2. The third kappa shape index (κ3) is 4.04. The minimum atomic E-state index is -0.231. The average molecular weight is 375 g/mol. The molecule has 19 heavy (non-hydrogen) atoms. The van der Waals surface area contributed by atoms with Crippen molar-refractivity contribution in [1.29, 1.82) is 0 Å². The molecule has 0 atom stereocenters. The normalized spacial score (nSPS) is 14.4. The Kier molecular flexibility index (Phi) is 4.98. The van der Waals surface area contributed by atoms with Crippen molar-refractivity contribution in [2.45, 2.75) is 13.0 Å². The van der Waals surface area contributed by atoms with Gasteiger partial charge >= 0.3 is 6.09 Å². The molecule has 0 unspecified atom stereocenters. The van der Waals surface area contributed by atoms with E-state index in [9.17, 15) is 4.79 Å². The van der Waals surface area contributed by atoms with Gasteiger partial charge in [0, 0.05) is 25.2 Å². The number of ether oxygens (including phenoxy) is 1. The molecule has 1 aromatic heterocycles. The summed E-state index contributed by atoms with van der Waals surface area (Å²) in [5.74, 6) is 0. The van der Waals surface area contributed by atoms with Crippen LogP contribution in [0.2, 0.25) is 0 Å². The van der Waals surface area contributed by atoms with Crippen molar-refractivity contribution in [2.75, 3.05) is 33.8 Å². The zero-order chi connectivity index (χ0) is 13.8. The van der Waals surface area contributed by atoms with Crippen LogP contribution in [0.1, 0.15) is 11.3 Å². The Labute approximate surface area is 127 Å². The predicted octanol–water partition coefficient (Wildman–Crippen LogP) is 1.74. The van der Waals surface area contributed by atoms with Gasteiger partial charge in [0.15, 0.2) is 0 Å². The lowest BCUT2D eigenvalue weighted by molar-refractivity contribution is 0.0916. The molecule has 2 heterocycles. The van der Waals surface area contributed by atoms with Crippen molar-refractivity contribution < 1.29 is 9.53 Å². The van der Waals surface area contributed by atoms with Gasteiger partial charge in [0.1, 0.15) is 10.3 Å². The molecule has 0 saturated carbocycles. The number of likely N-dealkylation sites (N-methyl/N-ethyl adjacent to an activating group) is 1. The molecule has 6 heteroatoms. The first-order chi connectivity index (χ1) is 9.06. The molecule has 0 fully saturated rings. The van der Waals surface area contributed by atoms with Crippen molar-refractivity contribution >= 4 is 28.7 Å². The highest BCUT2D eigenvalue weighted by Gasteiger charge is 2.22. The Morgan fingerprint density at radius 2 is 2.32 bits per heavy atom. The minimum absolute atomic E-state index is 0.231. The summed E-state index contributed by atoms with van der Waals surface area (Å²) in [4.78, 5) is 20.1. The number of carbonyl (C=O) groups excluding carboxylic acids is 1. The molecule has 1 aliphatic heterocycles. The molecule has 5 nitrogen and oxygen atoms in total. The predicted molar refractivity (Wildman–Crippen MR) is 81.0 cm³/mol. The fourth-order valence-corrected chi connectivity index (χ4v) is 2.42. The molecule has 0 saturated heterocycles. The van der Waals surface area contributed by atoms with E-state index in [4.69, 9.17) is 4.74 Å². The number of rotatable bonds is 3. The Morgan fingerprint density at radius 1 is 1.53 bits per heavy atom. The van der Waals surface area contributed by atoms with E-state index in [0.29, 0.717) is 19.7 Å². The van der Waals surface area contributed by atoms with Gasteiger partial charge in [-0.15, -0.1) is 0 Å². The molecular formula is C13H18IN3O2. The summed E-state index contributed by atoms with van der Waals surface area (Å²) >= 11 is 2.21. The summed E-state index contributed by atoms with van der Waals surface area (Å²) in [7, 11) is 3.91. The number of pyridine rings is 1. The quantitative estimate of drug-likeness (QED) is 0.597. The van der Waals surface area contributed by atoms with E-state index in [2.05, 4.69) is 27.6 Å². The molecule has 0 spiro atoms. The van der Waals surface area contributed by atoms with Crippen LogP contribution >= 0.6 is 22.6 Å². The molecule has 104 valence electrons. The molecule has 2 rings (SSSR count). The van der Waals surface area contributed by atoms with Crippen LogP contribution in [0.4, 0.5) is 4.79 Å². The number of amides is 1. The fraction of sp³-hybridized carbons (Fsp3) is 0.538. The average Bonchev–Trinajstić information content (AvgIpc) is 2.37. The van der Waals surface area contributed by atoms with E-state index < -0.39 is 0 Å². The van der Waals surface area contributed by atoms with E-state index in [-0.39, 0.29) is 6.09 Å². The van der Waals surface area contributed by atoms with Gasteiger partial charge in [-0.25, -0.2) is 9.78 Å². The lowest BCUT2D eigenvalue weighted by atomic mass is 10.1. The first-order valence-corrected chi connectivity index (χ1v) is 7.35. The van der Waals surface area contributed by atoms with E-state index in [0.717, 1.165) is 27.9 Å². The van der Waals surface area contributed by atoms with Crippen LogP contribution in [0.5, 0.6) is 0 Å². The second kappa shape index (κ2) is 6.51. The van der Waals surface area contributed by atoms with Crippen LogP contribution in [0.15, 0.2) is 12.1 Å². The van der Waals surface area contributed by atoms with Gasteiger partial charge in [-0.05, 0) is 48.3 Å². The SMILES string of the molecule is CN(C)CCOC(=O)N1CCc2nc(I)ccc2C1. The summed E-state index contributed by atoms with van der Waals surface area (Å²) < 4.78 is 6.25. The fourth-order valence-electron chi connectivity index (χ4n) is 1.95. The number of halogens is 1. The monoisotopic (exact) mass is 375 g/mol. The largest absolute Gasteiger partial charge is 0.448 e. The highest BCUT2D eigenvalue weighted by Crippen LogP contribution is 2.18. The van der Waals surface area contributed by atoms with Gasteiger partial charge in [-0.3, -0.25) is 0 Å². The molecule has 0 aliphatic carbocycles. The van der Waals surface area contributed by atoms with Gasteiger partial charge in [0.2, 0.25) is 0 Å². The maximum atomic E-state index is 11.9. The number of hydrogen-bond donors (Lipinski definition) is 0. The molecule has 0 N–H and O–H groups in total. The Morgan fingerprint density at radius 3 is 3.05 bits per heavy atom. The first-order valence-electron chi connectivity index (χ1n) is 6.27. The van der Waals surface area contributed by atoms with Crippen LogP contribution in [-0.2, 0) is 17.7 Å². The van der Waals surface area contributed by atoms with E-state index >= 15 is 0 Å². The van der Waals surface area contributed by atoms with Gasteiger partial charge in [0.25, 0.3) is 0 Å². The maximum Gasteiger partial charge on any atom is 0.410 e. The number of carbonyl (C=O) groups is 1. The van der Waals surface area contributed by atoms with Gasteiger partial charge in [0.05, 0.1) is 6.54 Å². The molecule has 1 amide bonds. The van der Waals surface area contributed by atoms with E-state index in [1.807, 2.05) is 31.1 Å². The van der Waals surface area contributed by atoms with Crippen LogP contribution in [0.3, 0.4) is 0 Å². The molecular weight excluding hydrogens is 357 g/mol. The molecule has 1 aliphatic rings. The Bertz CT molecular complexity index is 465. The topological polar surface area (TPSA) is 45.7 Å². The Hall–Kier alpha value is -0.890. The van der Waals surface area contributed by atoms with E-state index in [1.54, 1.807) is 4.90 Å². The summed E-state index contributed by atoms with van der Waals surface area (Å²) in [6.07, 6.45) is 0.570. The number of nitrogens with zero attached hydrogens (tertiary/aromatic N) is 3. The third-order valence-corrected chi connectivity index (χ3v) is 3.64. The summed E-state index contributed by atoms with van der Waals surface area (Å²) in [5.41, 5.74) is 2.22. The molecule has 0 aromatic carbocycles. The second-order valence-electron chi connectivity index (χ2n) is 4.83. The minimum Gasteiger partial charge on any atom is -0.448 e. The van der Waals surface area contributed by atoms with Crippen LogP contribution in [-0.4, -0.2) is 54.7 Å². The van der Waals surface area contributed by atoms with E-state index in [1.165, 1.54) is 0 Å². The van der Waals surface area contributed by atoms with Crippen LogP contribution < -0.4 is 0 Å². The number of hydrogen-bond acceptors (Lipinski definition) is 4. The highest BCUT2D eigenvalue weighted by atomic mass is 127. The highest BCUT2D eigenvalue weighted by molar-refractivity contribution is 14.1. The molecule has 0 radical (unpaired) electrons.